The lowest BCUT2D eigenvalue weighted by Gasteiger charge is -2.06. The molecule has 0 aliphatic rings. The topological polar surface area (TPSA) is 80.5 Å². The molecule has 104 valence electrons. The molecule has 2 aromatic heterocycles. The van der Waals surface area contributed by atoms with Crippen LogP contribution in [0.3, 0.4) is 0 Å². The summed E-state index contributed by atoms with van der Waals surface area (Å²) in [5.41, 5.74) is 7.69. The third-order valence-corrected chi connectivity index (χ3v) is 4.00. The van der Waals surface area contributed by atoms with Gasteiger partial charge in [0.1, 0.15) is 34.3 Å². The maximum Gasteiger partial charge on any atom is 0.148 e. The molecule has 2 heterocycles. The molecule has 0 aliphatic heterocycles. The van der Waals surface area contributed by atoms with Crippen LogP contribution in [-0.4, -0.2) is 14.5 Å². The van der Waals surface area contributed by atoms with Crippen LogP contribution in [0.2, 0.25) is 0 Å². The van der Waals surface area contributed by atoms with Gasteiger partial charge in [0.15, 0.2) is 0 Å². The van der Waals surface area contributed by atoms with Gasteiger partial charge in [0.05, 0.1) is 17.5 Å². The average Bonchev–Trinajstić information content (AvgIpc) is 2.75. The number of nitriles is 1. The van der Waals surface area contributed by atoms with Gasteiger partial charge in [-0.1, -0.05) is 12.1 Å². The second kappa shape index (κ2) is 5.14. The van der Waals surface area contributed by atoms with E-state index in [0.717, 1.165) is 5.56 Å². The molecule has 0 fully saturated rings. The fourth-order valence-corrected chi connectivity index (χ4v) is 2.76. The maximum atomic E-state index is 13.0. The monoisotopic (exact) mass is 345 g/mol. The quantitative estimate of drug-likeness (QED) is 0.774. The number of fused-ring (bicyclic) bond motifs is 1. The SMILES string of the molecule is N#Cc1c(Br)n(Cc2ccc(F)cc2)c2ncnc(N)c12. The minimum atomic E-state index is -0.292. The van der Waals surface area contributed by atoms with E-state index in [1.807, 2.05) is 0 Å². The van der Waals surface area contributed by atoms with Gasteiger partial charge in [-0.25, -0.2) is 14.4 Å². The summed E-state index contributed by atoms with van der Waals surface area (Å²) in [7, 11) is 0. The Bertz CT molecular complexity index is 864. The summed E-state index contributed by atoms with van der Waals surface area (Å²) < 4.78 is 15.4. The van der Waals surface area contributed by atoms with Gasteiger partial charge in [-0.05, 0) is 33.6 Å². The average molecular weight is 346 g/mol. The van der Waals surface area contributed by atoms with Gasteiger partial charge in [0, 0.05) is 0 Å². The largest absolute Gasteiger partial charge is 0.383 e. The molecular weight excluding hydrogens is 337 g/mol. The van der Waals surface area contributed by atoms with Crippen molar-refractivity contribution in [1.29, 1.82) is 5.26 Å². The first-order valence-corrected chi connectivity index (χ1v) is 6.84. The Balaban J connectivity index is 2.19. The number of nitrogens with two attached hydrogens (primary N) is 1. The molecule has 7 heteroatoms. The summed E-state index contributed by atoms with van der Waals surface area (Å²) in [6, 6.07) is 8.26. The highest BCUT2D eigenvalue weighted by Gasteiger charge is 2.19. The van der Waals surface area contributed by atoms with E-state index in [1.54, 1.807) is 16.7 Å². The Hall–Kier alpha value is -2.46. The van der Waals surface area contributed by atoms with E-state index in [0.29, 0.717) is 27.7 Å². The van der Waals surface area contributed by atoms with E-state index < -0.39 is 0 Å². The Morgan fingerprint density at radius 2 is 2.00 bits per heavy atom. The molecule has 0 atom stereocenters. The number of nitrogens with zero attached hydrogens (tertiary/aromatic N) is 4. The van der Waals surface area contributed by atoms with Crippen molar-refractivity contribution in [1.82, 2.24) is 14.5 Å². The normalized spacial score (nSPS) is 10.7. The minimum Gasteiger partial charge on any atom is -0.383 e. The number of hydrogen-bond acceptors (Lipinski definition) is 4. The van der Waals surface area contributed by atoms with Gasteiger partial charge in [-0.3, -0.25) is 0 Å². The standard InChI is InChI=1S/C14H9BrFN5/c15-12-10(5-17)11-13(18)19-7-20-14(11)21(12)6-8-1-3-9(16)4-2-8/h1-4,7H,6H2,(H2,18,19,20). The summed E-state index contributed by atoms with van der Waals surface area (Å²) >= 11 is 3.40. The van der Waals surface area contributed by atoms with E-state index in [2.05, 4.69) is 32.0 Å². The predicted octanol–water partition coefficient (Wildman–Crippen LogP) is 2.84. The molecule has 0 saturated heterocycles. The second-order valence-corrected chi connectivity index (χ2v) is 5.20. The van der Waals surface area contributed by atoms with Gasteiger partial charge >= 0.3 is 0 Å². The number of hydrogen-bond donors (Lipinski definition) is 1. The highest BCUT2D eigenvalue weighted by Crippen LogP contribution is 2.31. The molecule has 3 aromatic rings. The maximum absolute atomic E-state index is 13.0. The Morgan fingerprint density at radius 3 is 2.67 bits per heavy atom. The van der Waals surface area contributed by atoms with Crippen LogP contribution in [-0.2, 0) is 6.54 Å². The van der Waals surface area contributed by atoms with Crippen molar-refractivity contribution < 1.29 is 4.39 Å². The van der Waals surface area contributed by atoms with Crippen LogP contribution in [0.5, 0.6) is 0 Å². The van der Waals surface area contributed by atoms with Crippen molar-refractivity contribution >= 4 is 32.8 Å². The van der Waals surface area contributed by atoms with Crippen LogP contribution >= 0.6 is 15.9 Å². The lowest BCUT2D eigenvalue weighted by Crippen LogP contribution is -2.02. The van der Waals surface area contributed by atoms with E-state index in [1.165, 1.54) is 18.5 Å². The van der Waals surface area contributed by atoms with Gasteiger partial charge in [-0.15, -0.1) is 0 Å². The highest BCUT2D eigenvalue weighted by atomic mass is 79.9. The zero-order valence-electron chi connectivity index (χ0n) is 10.7. The summed E-state index contributed by atoms with van der Waals surface area (Å²) in [6.07, 6.45) is 1.35. The van der Waals surface area contributed by atoms with Gasteiger partial charge in [0.2, 0.25) is 0 Å². The van der Waals surface area contributed by atoms with E-state index in [9.17, 15) is 9.65 Å². The van der Waals surface area contributed by atoms with Crippen molar-refractivity contribution in [2.24, 2.45) is 0 Å². The van der Waals surface area contributed by atoms with Crippen LogP contribution in [0.4, 0.5) is 10.2 Å². The third-order valence-electron chi connectivity index (χ3n) is 3.17. The number of aromatic nitrogens is 3. The molecule has 0 aliphatic carbocycles. The van der Waals surface area contributed by atoms with E-state index >= 15 is 0 Å². The van der Waals surface area contributed by atoms with Gasteiger partial charge < -0.3 is 10.3 Å². The predicted molar refractivity (Wildman–Crippen MR) is 79.9 cm³/mol. The fraction of sp³-hybridized carbons (Fsp3) is 0.0714. The molecule has 3 rings (SSSR count). The molecule has 0 amide bonds. The van der Waals surface area contributed by atoms with Crippen molar-refractivity contribution in [3.8, 4) is 6.07 Å². The van der Waals surface area contributed by atoms with Crippen molar-refractivity contribution in [3.05, 3.63) is 52.1 Å². The highest BCUT2D eigenvalue weighted by molar-refractivity contribution is 9.10. The summed E-state index contributed by atoms with van der Waals surface area (Å²) in [4.78, 5) is 8.12. The molecule has 1 aromatic carbocycles. The zero-order valence-corrected chi connectivity index (χ0v) is 12.3. The van der Waals surface area contributed by atoms with Gasteiger partial charge in [0.25, 0.3) is 0 Å². The summed E-state index contributed by atoms with van der Waals surface area (Å²) in [6.45, 7) is 0.440. The summed E-state index contributed by atoms with van der Waals surface area (Å²) in [5, 5.41) is 9.82. The zero-order chi connectivity index (χ0) is 15.0. The third kappa shape index (κ3) is 2.23. The molecule has 0 unspecified atom stereocenters. The molecule has 2 N–H and O–H groups in total. The first-order valence-electron chi connectivity index (χ1n) is 6.04. The Kier molecular flexibility index (Phi) is 3.31. The Morgan fingerprint density at radius 1 is 1.29 bits per heavy atom. The fourth-order valence-electron chi connectivity index (χ4n) is 2.18. The Labute approximate surface area is 128 Å². The van der Waals surface area contributed by atoms with Crippen LogP contribution in [0, 0.1) is 17.1 Å². The minimum absolute atomic E-state index is 0.259. The number of nitrogen functional groups attached to an aromatic ring is 1. The lowest BCUT2D eigenvalue weighted by atomic mass is 10.2. The molecule has 0 spiro atoms. The lowest BCUT2D eigenvalue weighted by molar-refractivity contribution is 0.626. The van der Waals surface area contributed by atoms with E-state index in [4.69, 9.17) is 5.73 Å². The second-order valence-electron chi connectivity index (χ2n) is 4.45. The molecular formula is C14H9BrFN5. The molecule has 21 heavy (non-hydrogen) atoms. The molecule has 5 nitrogen and oxygen atoms in total. The number of halogens is 2. The molecule has 0 bridgehead atoms. The van der Waals surface area contributed by atoms with Crippen molar-refractivity contribution in [2.45, 2.75) is 6.54 Å². The van der Waals surface area contributed by atoms with Gasteiger partial charge in [-0.2, -0.15) is 5.26 Å². The first-order chi connectivity index (χ1) is 10.1. The van der Waals surface area contributed by atoms with Crippen LogP contribution in [0.15, 0.2) is 35.2 Å². The summed E-state index contributed by atoms with van der Waals surface area (Å²) in [5.74, 6) is -0.0328. The van der Waals surface area contributed by atoms with Crippen LogP contribution in [0.25, 0.3) is 11.0 Å². The first kappa shape index (κ1) is 13.5. The smallest absolute Gasteiger partial charge is 0.148 e. The number of anilines is 1. The van der Waals surface area contributed by atoms with Crippen LogP contribution < -0.4 is 5.73 Å². The number of benzene rings is 1. The van der Waals surface area contributed by atoms with E-state index in [-0.39, 0.29) is 11.6 Å². The molecule has 0 saturated carbocycles. The van der Waals surface area contributed by atoms with Crippen molar-refractivity contribution in [3.63, 3.8) is 0 Å². The van der Waals surface area contributed by atoms with Crippen LogP contribution in [0.1, 0.15) is 11.1 Å². The van der Waals surface area contributed by atoms with Crippen molar-refractivity contribution in [2.75, 3.05) is 5.73 Å². The number of rotatable bonds is 2. The molecule has 0 radical (unpaired) electrons.